The molecule has 0 amide bonds. The van der Waals surface area contributed by atoms with E-state index in [4.69, 9.17) is 4.74 Å². The van der Waals surface area contributed by atoms with Gasteiger partial charge in [-0.05, 0) is 25.8 Å². The molecule has 1 saturated heterocycles. The number of aromatic hydroxyl groups is 1. The van der Waals surface area contributed by atoms with Gasteiger partial charge in [0.2, 0.25) is 0 Å². The van der Waals surface area contributed by atoms with Crippen LogP contribution in [0.3, 0.4) is 0 Å². The van der Waals surface area contributed by atoms with Gasteiger partial charge in [-0.1, -0.05) is 12.1 Å². The molecule has 0 atom stereocenters. The standard InChI is InChI=1S/C18H21FN2O3S/c1-2-24-17(23)12-6-8-21(9-7-12)18-20-15(11-25-18)14-5-3-4-13(10-19)16(14)22/h3-5,11-12,22H,2,6-10H2,1H3. The van der Waals surface area contributed by atoms with E-state index in [2.05, 4.69) is 9.88 Å². The average Bonchev–Trinajstić information content (AvgIpc) is 3.12. The third-order valence-corrected chi connectivity index (χ3v) is 5.32. The average molecular weight is 364 g/mol. The van der Waals surface area contributed by atoms with Gasteiger partial charge in [0.05, 0.1) is 18.2 Å². The molecule has 1 N–H and O–H groups in total. The molecule has 2 heterocycles. The number of piperidine rings is 1. The fourth-order valence-electron chi connectivity index (χ4n) is 3.01. The van der Waals surface area contributed by atoms with Crippen LogP contribution in [-0.4, -0.2) is 35.8 Å². The predicted molar refractivity (Wildman–Crippen MR) is 95.6 cm³/mol. The summed E-state index contributed by atoms with van der Waals surface area (Å²) in [5, 5.41) is 12.9. The lowest BCUT2D eigenvalue weighted by molar-refractivity contribution is -0.148. The van der Waals surface area contributed by atoms with Crippen LogP contribution in [0.2, 0.25) is 0 Å². The Kier molecular flexibility index (Phi) is 5.53. The first kappa shape index (κ1) is 17.7. The number of carbonyl (C=O) groups excluding carboxylic acids is 1. The zero-order valence-corrected chi connectivity index (χ0v) is 14.9. The Labute approximate surface area is 150 Å². The number of thiazole rings is 1. The molecule has 25 heavy (non-hydrogen) atoms. The minimum Gasteiger partial charge on any atom is -0.507 e. The van der Waals surface area contributed by atoms with Gasteiger partial charge in [0.1, 0.15) is 12.4 Å². The van der Waals surface area contributed by atoms with E-state index in [9.17, 15) is 14.3 Å². The number of aromatic nitrogens is 1. The maximum absolute atomic E-state index is 12.9. The third-order valence-electron chi connectivity index (χ3n) is 4.42. The first-order chi connectivity index (χ1) is 12.1. The molecule has 0 bridgehead atoms. The summed E-state index contributed by atoms with van der Waals surface area (Å²) in [6.07, 6.45) is 1.49. The van der Waals surface area contributed by atoms with Crippen LogP contribution in [0.1, 0.15) is 25.3 Å². The van der Waals surface area contributed by atoms with Crippen LogP contribution in [0.15, 0.2) is 23.6 Å². The van der Waals surface area contributed by atoms with E-state index >= 15 is 0 Å². The smallest absolute Gasteiger partial charge is 0.309 e. The van der Waals surface area contributed by atoms with Crippen LogP contribution in [0.5, 0.6) is 5.75 Å². The number of hydrogen-bond acceptors (Lipinski definition) is 6. The van der Waals surface area contributed by atoms with Crippen molar-refractivity contribution in [2.24, 2.45) is 5.92 Å². The molecule has 0 unspecified atom stereocenters. The summed E-state index contributed by atoms with van der Waals surface area (Å²) in [7, 11) is 0. The van der Waals surface area contributed by atoms with E-state index in [1.165, 1.54) is 11.3 Å². The summed E-state index contributed by atoms with van der Waals surface area (Å²) >= 11 is 1.49. The molecule has 1 aliphatic heterocycles. The lowest BCUT2D eigenvalue weighted by Gasteiger charge is -2.30. The van der Waals surface area contributed by atoms with E-state index in [0.29, 0.717) is 17.9 Å². The van der Waals surface area contributed by atoms with Crippen molar-refractivity contribution in [1.29, 1.82) is 0 Å². The van der Waals surface area contributed by atoms with Crippen LogP contribution in [0, 0.1) is 5.92 Å². The first-order valence-electron chi connectivity index (χ1n) is 8.38. The van der Waals surface area contributed by atoms with Crippen molar-refractivity contribution < 1.29 is 19.0 Å². The zero-order valence-electron chi connectivity index (χ0n) is 14.1. The molecular formula is C18H21FN2O3S. The molecule has 0 radical (unpaired) electrons. The van der Waals surface area contributed by atoms with E-state index in [1.54, 1.807) is 18.2 Å². The number of phenolic OH excluding ortho intramolecular Hbond substituents is 1. The Morgan fingerprint density at radius 1 is 1.44 bits per heavy atom. The Morgan fingerprint density at radius 2 is 2.20 bits per heavy atom. The monoisotopic (exact) mass is 364 g/mol. The highest BCUT2D eigenvalue weighted by atomic mass is 32.1. The van der Waals surface area contributed by atoms with Crippen molar-refractivity contribution in [1.82, 2.24) is 4.98 Å². The number of alkyl halides is 1. The predicted octanol–water partition coefficient (Wildman–Crippen LogP) is 3.76. The molecule has 1 aliphatic rings. The number of hydrogen-bond donors (Lipinski definition) is 1. The number of esters is 1. The second-order valence-corrected chi connectivity index (χ2v) is 6.81. The quantitative estimate of drug-likeness (QED) is 0.819. The fraction of sp³-hybridized carbons (Fsp3) is 0.444. The highest BCUT2D eigenvalue weighted by molar-refractivity contribution is 7.14. The molecule has 134 valence electrons. The van der Waals surface area contributed by atoms with E-state index in [1.807, 2.05) is 12.3 Å². The van der Waals surface area contributed by atoms with Crippen LogP contribution in [0.25, 0.3) is 11.3 Å². The van der Waals surface area contributed by atoms with Gasteiger partial charge in [0.25, 0.3) is 0 Å². The highest BCUT2D eigenvalue weighted by Crippen LogP contribution is 2.36. The van der Waals surface area contributed by atoms with Gasteiger partial charge < -0.3 is 14.7 Å². The largest absolute Gasteiger partial charge is 0.507 e. The van der Waals surface area contributed by atoms with E-state index in [0.717, 1.165) is 31.1 Å². The van der Waals surface area contributed by atoms with Crippen LogP contribution < -0.4 is 4.90 Å². The van der Waals surface area contributed by atoms with Gasteiger partial charge >= 0.3 is 5.97 Å². The third kappa shape index (κ3) is 3.76. The van der Waals surface area contributed by atoms with Crippen molar-refractivity contribution in [3.05, 3.63) is 29.1 Å². The summed E-state index contributed by atoms with van der Waals surface area (Å²) in [6, 6.07) is 5.01. The highest BCUT2D eigenvalue weighted by Gasteiger charge is 2.27. The Bertz CT molecular complexity index is 742. The molecule has 7 heteroatoms. The maximum atomic E-state index is 12.9. The number of carbonyl (C=O) groups is 1. The van der Waals surface area contributed by atoms with Gasteiger partial charge in [-0.15, -0.1) is 11.3 Å². The van der Waals surface area contributed by atoms with Gasteiger partial charge in [0, 0.05) is 29.6 Å². The Hall–Kier alpha value is -2.15. The number of para-hydroxylation sites is 1. The SMILES string of the molecule is CCOC(=O)C1CCN(c2nc(-c3cccc(CF)c3O)cs2)CC1. The van der Waals surface area contributed by atoms with Gasteiger partial charge in [-0.25, -0.2) is 9.37 Å². The topological polar surface area (TPSA) is 62.7 Å². The van der Waals surface area contributed by atoms with Crippen LogP contribution >= 0.6 is 11.3 Å². The van der Waals surface area contributed by atoms with Crippen LogP contribution in [-0.2, 0) is 16.2 Å². The number of halogens is 1. The lowest BCUT2D eigenvalue weighted by Crippen LogP contribution is -2.36. The van der Waals surface area contributed by atoms with Crippen molar-refractivity contribution >= 4 is 22.4 Å². The summed E-state index contributed by atoms with van der Waals surface area (Å²) in [6.45, 7) is 3.01. The molecule has 0 spiro atoms. The lowest BCUT2D eigenvalue weighted by atomic mass is 9.97. The van der Waals surface area contributed by atoms with E-state index in [-0.39, 0.29) is 23.2 Å². The molecule has 5 nitrogen and oxygen atoms in total. The van der Waals surface area contributed by atoms with Crippen molar-refractivity contribution in [3.63, 3.8) is 0 Å². The second kappa shape index (κ2) is 7.82. The Morgan fingerprint density at radius 3 is 2.88 bits per heavy atom. The number of nitrogens with zero attached hydrogens (tertiary/aromatic N) is 2. The number of anilines is 1. The Balaban J connectivity index is 1.70. The van der Waals surface area contributed by atoms with Gasteiger partial charge in [-0.2, -0.15) is 0 Å². The summed E-state index contributed by atoms with van der Waals surface area (Å²) in [5.41, 5.74) is 1.45. The molecule has 1 fully saturated rings. The molecule has 1 aromatic carbocycles. The molecule has 3 rings (SSSR count). The fourth-order valence-corrected chi connectivity index (χ4v) is 3.89. The minimum atomic E-state index is -0.710. The number of phenols is 1. The summed E-state index contributed by atoms with van der Waals surface area (Å²) < 4.78 is 18.0. The zero-order chi connectivity index (χ0) is 17.8. The molecular weight excluding hydrogens is 343 g/mol. The molecule has 1 aromatic heterocycles. The van der Waals surface area contributed by atoms with Crippen molar-refractivity contribution in [2.75, 3.05) is 24.6 Å². The minimum absolute atomic E-state index is 0.0408. The van der Waals surface area contributed by atoms with Crippen molar-refractivity contribution in [2.45, 2.75) is 26.4 Å². The summed E-state index contributed by atoms with van der Waals surface area (Å²) in [4.78, 5) is 18.5. The molecule has 2 aromatic rings. The van der Waals surface area contributed by atoms with Gasteiger partial charge in [0.15, 0.2) is 5.13 Å². The number of rotatable bonds is 5. The molecule has 0 saturated carbocycles. The second-order valence-electron chi connectivity index (χ2n) is 5.98. The number of benzene rings is 1. The maximum Gasteiger partial charge on any atom is 0.309 e. The summed E-state index contributed by atoms with van der Waals surface area (Å²) in [5.74, 6) is -0.210. The molecule has 0 aliphatic carbocycles. The first-order valence-corrected chi connectivity index (χ1v) is 9.26. The van der Waals surface area contributed by atoms with Crippen molar-refractivity contribution in [3.8, 4) is 17.0 Å². The number of ether oxygens (including phenoxy) is 1. The normalized spacial score (nSPS) is 15.4. The van der Waals surface area contributed by atoms with E-state index < -0.39 is 6.67 Å². The van der Waals surface area contributed by atoms with Crippen LogP contribution in [0.4, 0.5) is 9.52 Å². The van der Waals surface area contributed by atoms with Gasteiger partial charge in [-0.3, -0.25) is 4.79 Å².